The molecule has 14 unspecified atom stereocenters. The van der Waals surface area contributed by atoms with E-state index in [1.807, 2.05) is 0 Å². The molecule has 0 aromatic heterocycles. The van der Waals surface area contributed by atoms with Crippen LogP contribution in [0.25, 0.3) is 0 Å². The summed E-state index contributed by atoms with van der Waals surface area (Å²) in [7, 11) is 0. The first kappa shape index (κ1) is 24.3. The highest BCUT2D eigenvalue weighted by atomic mass is 16.4. The highest BCUT2D eigenvalue weighted by Crippen LogP contribution is 2.83. The number of benzene rings is 1. The largest absolute Gasteiger partial charge is 0.478 e. The Labute approximate surface area is 236 Å². The minimum Gasteiger partial charge on any atom is -0.478 e. The van der Waals surface area contributed by atoms with Gasteiger partial charge in [-0.2, -0.15) is 0 Å². The molecule has 1 N–H and O–H groups in total. The minimum atomic E-state index is -0.593. The van der Waals surface area contributed by atoms with Crippen LogP contribution in [0.15, 0.2) is 12.1 Å². The normalized spacial score (nSPS) is 52.5. The molecule has 9 saturated carbocycles. The molecule has 0 saturated heterocycles. The van der Waals surface area contributed by atoms with Crippen LogP contribution in [0.5, 0.6) is 0 Å². The zero-order valence-corrected chi connectivity index (χ0v) is 24.4. The Balaban J connectivity index is 1.21. The molecule has 2 heteroatoms. The first-order chi connectivity index (χ1) is 18.9. The predicted molar refractivity (Wildman–Crippen MR) is 155 cm³/mol. The van der Waals surface area contributed by atoms with Gasteiger partial charge in [-0.1, -0.05) is 26.0 Å². The summed E-state index contributed by atoms with van der Waals surface area (Å²) in [5.41, 5.74) is 5.33. The van der Waals surface area contributed by atoms with Gasteiger partial charge in [0, 0.05) is 5.41 Å². The molecule has 1 aromatic rings. The van der Waals surface area contributed by atoms with E-state index in [1.165, 1.54) is 101 Å². The lowest BCUT2D eigenvalue weighted by molar-refractivity contribution is 0.0685. The fraction of sp³-hybridized carbons (Fsp3) is 0.811. The van der Waals surface area contributed by atoms with Gasteiger partial charge in [0.05, 0.1) is 5.56 Å². The number of carboxylic acids is 1. The van der Waals surface area contributed by atoms with E-state index < -0.39 is 5.97 Å². The van der Waals surface area contributed by atoms with Gasteiger partial charge < -0.3 is 5.11 Å². The number of carboxylic acid groups (broad SMARTS) is 1. The maximum Gasteiger partial charge on any atom is 0.336 e. The Morgan fingerprint density at radius 3 is 2.08 bits per heavy atom. The molecule has 9 aliphatic carbocycles. The van der Waals surface area contributed by atoms with E-state index in [0.717, 1.165) is 64.7 Å². The van der Waals surface area contributed by atoms with Gasteiger partial charge in [0.15, 0.2) is 0 Å². The molecule has 8 bridgehead atoms. The summed E-state index contributed by atoms with van der Waals surface area (Å²) in [6.07, 6.45) is 19.2. The summed E-state index contributed by atoms with van der Waals surface area (Å²) >= 11 is 0. The molecule has 2 nitrogen and oxygen atoms in total. The quantitative estimate of drug-likeness (QED) is 0.425. The van der Waals surface area contributed by atoms with Crippen LogP contribution in [-0.2, 0) is 5.41 Å². The van der Waals surface area contributed by atoms with Gasteiger partial charge in [0.1, 0.15) is 0 Å². The first-order valence-electron chi connectivity index (χ1n) is 17.3. The second-order valence-corrected chi connectivity index (χ2v) is 16.9. The molecule has 0 spiro atoms. The van der Waals surface area contributed by atoms with E-state index in [0.29, 0.717) is 17.8 Å². The van der Waals surface area contributed by atoms with Crippen molar-refractivity contribution in [2.24, 2.45) is 65.1 Å². The summed E-state index contributed by atoms with van der Waals surface area (Å²) in [4.78, 5) is 13.5. The van der Waals surface area contributed by atoms with Crippen LogP contribution >= 0.6 is 0 Å². The molecule has 9 fully saturated rings. The van der Waals surface area contributed by atoms with Crippen molar-refractivity contribution in [2.75, 3.05) is 0 Å². The lowest BCUT2D eigenvalue weighted by Gasteiger charge is -2.46. The van der Waals surface area contributed by atoms with E-state index in [9.17, 15) is 9.90 Å². The van der Waals surface area contributed by atoms with Crippen molar-refractivity contribution in [3.05, 3.63) is 34.4 Å². The highest BCUT2D eigenvalue weighted by Gasteiger charge is 2.79. The molecular weight excluding hydrogens is 476 g/mol. The molecule has 1 aromatic carbocycles. The summed E-state index contributed by atoms with van der Waals surface area (Å²) < 4.78 is 0. The summed E-state index contributed by atoms with van der Waals surface area (Å²) in [6, 6.07) is 5.13. The number of aromatic carboxylic acids is 1. The average molecular weight is 527 g/mol. The van der Waals surface area contributed by atoms with Crippen molar-refractivity contribution in [1.29, 1.82) is 0 Å². The van der Waals surface area contributed by atoms with Gasteiger partial charge in [-0.15, -0.1) is 0 Å². The van der Waals surface area contributed by atoms with Crippen molar-refractivity contribution in [3.63, 3.8) is 0 Å². The second kappa shape index (κ2) is 8.38. The van der Waals surface area contributed by atoms with Gasteiger partial charge in [-0.05, 0) is 184 Å². The Hall–Kier alpha value is -1.31. The Bertz CT molecular complexity index is 1190. The molecule has 14 atom stereocenters. The smallest absolute Gasteiger partial charge is 0.336 e. The van der Waals surface area contributed by atoms with Crippen LogP contribution in [-0.4, -0.2) is 11.1 Å². The van der Waals surface area contributed by atoms with E-state index in [2.05, 4.69) is 26.0 Å². The lowest BCUT2D eigenvalue weighted by Crippen LogP contribution is -2.36. The third-order valence-corrected chi connectivity index (χ3v) is 14.9. The fourth-order valence-electron chi connectivity index (χ4n) is 14.1. The standard InChI is InChI=1S/C37H50O2/c1-19-7-21-3-5-29(24(9-19)11-21)26-17-31(30-6-4-22-8-20(2)10-25(30)12-22)34(36(38)39)32(18-26)37-28-14-23-13-27(16-28)35(37)33(37)15-23/h17-25,27-30,33,35H,3-16H2,1-2H3,(H,38,39). The minimum absolute atomic E-state index is 0.226. The molecule has 210 valence electrons. The van der Waals surface area contributed by atoms with Crippen molar-refractivity contribution in [3.8, 4) is 0 Å². The third kappa shape index (κ3) is 3.36. The van der Waals surface area contributed by atoms with Crippen LogP contribution in [0.1, 0.15) is 143 Å². The number of hydrogen-bond acceptors (Lipinski definition) is 1. The molecule has 0 heterocycles. The van der Waals surface area contributed by atoms with Gasteiger partial charge in [-0.25, -0.2) is 4.79 Å². The number of carbonyl (C=O) groups is 1. The Kier molecular flexibility index (Phi) is 5.22. The van der Waals surface area contributed by atoms with Gasteiger partial charge in [0.25, 0.3) is 0 Å². The van der Waals surface area contributed by atoms with Crippen LogP contribution in [0.2, 0.25) is 0 Å². The third-order valence-electron chi connectivity index (χ3n) is 14.9. The lowest BCUT2D eigenvalue weighted by atomic mass is 9.59. The van der Waals surface area contributed by atoms with E-state index in [1.54, 1.807) is 5.56 Å². The molecule has 39 heavy (non-hydrogen) atoms. The van der Waals surface area contributed by atoms with Crippen molar-refractivity contribution < 1.29 is 9.90 Å². The molecule has 10 rings (SSSR count). The van der Waals surface area contributed by atoms with Crippen LogP contribution in [0.4, 0.5) is 0 Å². The van der Waals surface area contributed by atoms with Crippen molar-refractivity contribution in [2.45, 2.75) is 121 Å². The second-order valence-electron chi connectivity index (χ2n) is 16.9. The van der Waals surface area contributed by atoms with Crippen LogP contribution in [0, 0.1) is 65.1 Å². The zero-order valence-electron chi connectivity index (χ0n) is 24.4. The first-order valence-corrected chi connectivity index (χ1v) is 17.3. The maximum atomic E-state index is 13.5. The van der Waals surface area contributed by atoms with Gasteiger partial charge in [-0.3, -0.25) is 0 Å². The number of fused-ring (bicyclic) bond motifs is 4. The molecule has 0 amide bonds. The fourth-order valence-corrected chi connectivity index (χ4v) is 14.1. The Morgan fingerprint density at radius 1 is 0.718 bits per heavy atom. The number of rotatable bonds is 4. The zero-order chi connectivity index (χ0) is 26.2. The van der Waals surface area contributed by atoms with Crippen molar-refractivity contribution >= 4 is 5.97 Å². The summed E-state index contributed by atoms with van der Waals surface area (Å²) in [6.45, 7) is 4.96. The van der Waals surface area contributed by atoms with Gasteiger partial charge >= 0.3 is 5.97 Å². The number of hydrogen-bond donors (Lipinski definition) is 1. The molecule has 9 aliphatic rings. The highest BCUT2D eigenvalue weighted by molar-refractivity contribution is 5.93. The summed E-state index contributed by atoms with van der Waals surface area (Å²) in [5.74, 6) is 9.75. The Morgan fingerprint density at radius 2 is 1.38 bits per heavy atom. The monoisotopic (exact) mass is 526 g/mol. The van der Waals surface area contributed by atoms with Crippen LogP contribution in [0.3, 0.4) is 0 Å². The van der Waals surface area contributed by atoms with E-state index in [4.69, 9.17) is 0 Å². The molecular formula is C37H50O2. The van der Waals surface area contributed by atoms with Crippen molar-refractivity contribution in [1.82, 2.24) is 0 Å². The molecule has 0 aliphatic heterocycles. The molecule has 0 radical (unpaired) electrons. The van der Waals surface area contributed by atoms with Crippen LogP contribution < -0.4 is 0 Å². The summed E-state index contributed by atoms with van der Waals surface area (Å²) in [5, 5.41) is 11.1. The van der Waals surface area contributed by atoms with E-state index >= 15 is 0 Å². The van der Waals surface area contributed by atoms with Gasteiger partial charge in [0.2, 0.25) is 0 Å². The SMILES string of the molecule is CC1CC2CCC(c3cc(C4CCC5CC(C)CC4C5)c(C(=O)O)c(C45C6CC7CC(C6)C4C5C7)c3)C(C1)C2. The van der Waals surface area contributed by atoms with E-state index in [-0.39, 0.29) is 5.41 Å². The predicted octanol–water partition coefficient (Wildman–Crippen LogP) is 9.18. The average Bonchev–Trinajstić information content (AvgIpc) is 3.51. The maximum absolute atomic E-state index is 13.5. The topological polar surface area (TPSA) is 37.3 Å².